The highest BCUT2D eigenvalue weighted by Crippen LogP contribution is 2.36. The largest absolute Gasteiger partial charge is 0.497 e. The Labute approximate surface area is 271 Å². The molecule has 0 spiro atoms. The Kier molecular flexibility index (Phi) is 11.8. The van der Waals surface area contributed by atoms with Crippen LogP contribution >= 0.6 is 0 Å². The van der Waals surface area contributed by atoms with Crippen LogP contribution in [-0.2, 0) is 32.6 Å². The number of ether oxygens (including phenoxy) is 2. The predicted molar refractivity (Wildman–Crippen MR) is 179 cm³/mol. The van der Waals surface area contributed by atoms with Crippen LogP contribution in [0.25, 0.3) is 0 Å². The van der Waals surface area contributed by atoms with Crippen LogP contribution in [0.5, 0.6) is 11.5 Å². The molecule has 0 radical (unpaired) electrons. The van der Waals surface area contributed by atoms with Gasteiger partial charge in [-0.1, -0.05) is 85.8 Å². The molecule has 1 N–H and O–H groups in total. The number of benzene rings is 4. The highest BCUT2D eigenvalue weighted by Gasteiger charge is 2.36. The fourth-order valence-electron chi connectivity index (χ4n) is 5.00. The molecule has 0 heterocycles. The summed E-state index contributed by atoms with van der Waals surface area (Å²) in [5.41, 5.74) is 1.78. The number of hydrogen-bond donors (Lipinski definition) is 1. The van der Waals surface area contributed by atoms with E-state index in [0.29, 0.717) is 12.2 Å². The zero-order chi connectivity index (χ0) is 33.1. The second kappa shape index (κ2) is 15.9. The molecule has 0 unspecified atom stereocenters. The van der Waals surface area contributed by atoms with Gasteiger partial charge < -0.3 is 19.7 Å². The first kappa shape index (κ1) is 34.1. The fraction of sp³-hybridized carbons (Fsp3) is 0.278. The third kappa shape index (κ3) is 8.45. The molecule has 0 fully saturated rings. The maximum atomic E-state index is 14.6. The number of nitrogens with one attached hydrogen (secondary N) is 1. The summed E-state index contributed by atoms with van der Waals surface area (Å²) in [5, 5.41) is 3.04. The van der Waals surface area contributed by atoms with E-state index in [-0.39, 0.29) is 41.2 Å². The molecule has 4 aromatic rings. The van der Waals surface area contributed by atoms with E-state index in [1.54, 1.807) is 30.3 Å². The van der Waals surface area contributed by atoms with E-state index in [1.165, 1.54) is 37.3 Å². The molecule has 9 nitrogen and oxygen atoms in total. The van der Waals surface area contributed by atoms with Gasteiger partial charge in [0.2, 0.25) is 11.8 Å². The van der Waals surface area contributed by atoms with Gasteiger partial charge in [0.1, 0.15) is 24.1 Å². The zero-order valence-electron chi connectivity index (χ0n) is 26.6. The van der Waals surface area contributed by atoms with Gasteiger partial charge in [-0.2, -0.15) is 0 Å². The van der Waals surface area contributed by atoms with E-state index in [4.69, 9.17) is 9.47 Å². The highest BCUT2D eigenvalue weighted by molar-refractivity contribution is 7.92. The second-order valence-electron chi connectivity index (χ2n) is 10.9. The van der Waals surface area contributed by atoms with Crippen molar-refractivity contribution in [2.45, 2.75) is 50.2 Å². The van der Waals surface area contributed by atoms with Crippen LogP contribution in [0.2, 0.25) is 0 Å². The monoisotopic (exact) mass is 643 g/mol. The van der Waals surface area contributed by atoms with Gasteiger partial charge in [-0.3, -0.25) is 13.9 Å². The van der Waals surface area contributed by atoms with E-state index < -0.39 is 28.5 Å². The van der Waals surface area contributed by atoms with Gasteiger partial charge in [-0.05, 0) is 48.7 Å². The lowest BCUT2D eigenvalue weighted by Gasteiger charge is -2.34. The van der Waals surface area contributed by atoms with Crippen molar-refractivity contribution >= 4 is 27.5 Å². The molecule has 0 saturated heterocycles. The van der Waals surface area contributed by atoms with Crippen LogP contribution in [0.4, 0.5) is 5.69 Å². The fourth-order valence-corrected chi connectivity index (χ4v) is 6.44. The third-order valence-electron chi connectivity index (χ3n) is 7.73. The van der Waals surface area contributed by atoms with Crippen LogP contribution in [0.15, 0.2) is 114 Å². The van der Waals surface area contributed by atoms with Crippen molar-refractivity contribution in [3.63, 3.8) is 0 Å². The number of rotatable bonds is 15. The Morgan fingerprint density at radius 3 is 1.96 bits per heavy atom. The number of carbonyl (C=O) groups is 2. The van der Waals surface area contributed by atoms with E-state index in [2.05, 4.69) is 5.32 Å². The summed E-state index contributed by atoms with van der Waals surface area (Å²) < 4.78 is 40.6. The minimum atomic E-state index is -4.29. The summed E-state index contributed by atoms with van der Waals surface area (Å²) in [6.45, 7) is 3.36. The average molecular weight is 644 g/mol. The molecular formula is C36H41N3O6S. The maximum absolute atomic E-state index is 14.6. The summed E-state index contributed by atoms with van der Waals surface area (Å²) >= 11 is 0. The minimum Gasteiger partial charge on any atom is -0.497 e. The molecule has 0 bridgehead atoms. The van der Waals surface area contributed by atoms with Gasteiger partial charge in [-0.15, -0.1) is 0 Å². The maximum Gasteiger partial charge on any atom is 0.264 e. The van der Waals surface area contributed by atoms with E-state index in [1.807, 2.05) is 74.5 Å². The van der Waals surface area contributed by atoms with Crippen molar-refractivity contribution in [1.82, 2.24) is 10.2 Å². The van der Waals surface area contributed by atoms with Gasteiger partial charge in [0.25, 0.3) is 10.0 Å². The molecule has 4 aromatic carbocycles. The molecule has 0 aliphatic rings. The number of sulfonamides is 1. The molecule has 0 aromatic heterocycles. The Morgan fingerprint density at radius 2 is 1.39 bits per heavy atom. The van der Waals surface area contributed by atoms with Crippen molar-refractivity contribution in [2.24, 2.45) is 0 Å². The Hall–Kier alpha value is -4.83. The topological polar surface area (TPSA) is 105 Å². The second-order valence-corrected chi connectivity index (χ2v) is 12.8. The number of hydrogen-bond acceptors (Lipinski definition) is 6. The Balaban J connectivity index is 1.85. The van der Waals surface area contributed by atoms with Crippen molar-refractivity contribution < 1.29 is 27.5 Å². The Bertz CT molecular complexity index is 1690. The van der Waals surface area contributed by atoms with Crippen LogP contribution in [0.3, 0.4) is 0 Å². The zero-order valence-corrected chi connectivity index (χ0v) is 27.4. The standard InChI is InChI=1S/C36H41N3O6S/c1-5-27(2)37-36(41)33(23-28-15-9-6-10-16-28)38(25-29-17-11-7-12-18-29)35(40)26-39(46(42,43)31-19-13-8-14-20-31)32-24-30(44-3)21-22-34(32)45-4/h6-22,24,27,33H,5,23,25-26H2,1-4H3,(H,37,41)/t27-,33+/m0/s1. The van der Waals surface area contributed by atoms with Gasteiger partial charge >= 0.3 is 0 Å². The summed E-state index contributed by atoms with van der Waals surface area (Å²) in [6.07, 6.45) is 0.935. The number of methoxy groups -OCH3 is 2. The van der Waals surface area contributed by atoms with Gasteiger partial charge in [-0.25, -0.2) is 8.42 Å². The predicted octanol–water partition coefficient (Wildman–Crippen LogP) is 5.45. The quantitative estimate of drug-likeness (QED) is 0.185. The summed E-state index contributed by atoms with van der Waals surface area (Å²) in [7, 11) is -1.39. The van der Waals surface area contributed by atoms with Gasteiger partial charge in [0.15, 0.2) is 0 Å². The summed E-state index contributed by atoms with van der Waals surface area (Å²) in [5.74, 6) is -0.266. The molecular weight excluding hydrogens is 602 g/mol. The lowest BCUT2D eigenvalue weighted by Crippen LogP contribution is -2.54. The molecule has 0 aliphatic heterocycles. The van der Waals surface area contributed by atoms with Crippen molar-refractivity contribution in [2.75, 3.05) is 25.1 Å². The molecule has 0 aliphatic carbocycles. The lowest BCUT2D eigenvalue weighted by molar-refractivity contribution is -0.140. The van der Waals surface area contributed by atoms with Crippen molar-refractivity contribution in [3.8, 4) is 11.5 Å². The van der Waals surface area contributed by atoms with E-state index >= 15 is 0 Å². The summed E-state index contributed by atoms with van der Waals surface area (Å²) in [6, 6.07) is 30.4. The first-order valence-electron chi connectivity index (χ1n) is 15.1. The molecule has 2 amide bonds. The van der Waals surface area contributed by atoms with E-state index in [9.17, 15) is 18.0 Å². The van der Waals surface area contributed by atoms with Crippen molar-refractivity contribution in [3.05, 3.63) is 120 Å². The molecule has 242 valence electrons. The molecule has 46 heavy (non-hydrogen) atoms. The van der Waals surface area contributed by atoms with Crippen LogP contribution in [-0.4, -0.2) is 58.0 Å². The lowest BCUT2D eigenvalue weighted by atomic mass is 10.0. The molecule has 0 saturated carbocycles. The normalized spacial score (nSPS) is 12.4. The highest BCUT2D eigenvalue weighted by atomic mass is 32.2. The van der Waals surface area contributed by atoms with Crippen LogP contribution in [0.1, 0.15) is 31.4 Å². The van der Waals surface area contributed by atoms with Crippen LogP contribution < -0.4 is 19.1 Å². The smallest absolute Gasteiger partial charge is 0.264 e. The molecule has 10 heteroatoms. The van der Waals surface area contributed by atoms with Gasteiger partial charge in [0.05, 0.1) is 24.8 Å². The average Bonchev–Trinajstić information content (AvgIpc) is 3.09. The Morgan fingerprint density at radius 1 is 0.804 bits per heavy atom. The van der Waals surface area contributed by atoms with Crippen molar-refractivity contribution in [1.29, 1.82) is 0 Å². The van der Waals surface area contributed by atoms with Crippen LogP contribution in [0, 0.1) is 0 Å². The SMILES string of the molecule is CC[C@H](C)NC(=O)[C@@H](Cc1ccccc1)N(Cc1ccccc1)C(=O)CN(c1cc(OC)ccc1OC)S(=O)(=O)c1ccccc1. The number of nitrogens with zero attached hydrogens (tertiary/aromatic N) is 2. The number of carbonyl (C=O) groups excluding carboxylic acids is 2. The third-order valence-corrected chi connectivity index (χ3v) is 9.51. The minimum absolute atomic E-state index is 0.00219. The molecule has 4 rings (SSSR count). The molecule has 2 atom stereocenters. The van der Waals surface area contributed by atoms with E-state index in [0.717, 1.165) is 15.4 Å². The number of anilines is 1. The first-order valence-corrected chi connectivity index (χ1v) is 16.6. The summed E-state index contributed by atoms with van der Waals surface area (Å²) in [4.78, 5) is 30.0. The number of amides is 2. The van der Waals surface area contributed by atoms with Gasteiger partial charge in [0, 0.05) is 25.1 Å². The first-order chi connectivity index (χ1) is 22.2.